The molecule has 0 radical (unpaired) electrons. The molecular weight excluding hydrogens is 162 g/mol. The number of amides is 1. The molecule has 0 aliphatic heterocycles. The van der Waals surface area contributed by atoms with Crippen molar-refractivity contribution in [3.8, 4) is 0 Å². The molecule has 0 aromatic heterocycles. The Bertz CT molecular complexity index is 294. The van der Waals surface area contributed by atoms with Gasteiger partial charge >= 0.3 is 0 Å². The Balaban J connectivity index is 2.73. The van der Waals surface area contributed by atoms with Crippen molar-refractivity contribution in [3.05, 3.63) is 29.8 Å². The van der Waals surface area contributed by atoms with E-state index in [1.807, 2.05) is 18.2 Å². The highest BCUT2D eigenvalue weighted by molar-refractivity contribution is 5.88. The Morgan fingerprint density at radius 1 is 1.46 bits per heavy atom. The molecule has 0 bridgehead atoms. The normalized spacial score (nSPS) is 9.69. The SMILES string of the molecule is CCCc1cccc(NC(C)=O)c1. The first-order chi connectivity index (χ1) is 6.22. The maximum absolute atomic E-state index is 10.8. The van der Waals surface area contributed by atoms with Gasteiger partial charge in [-0.15, -0.1) is 0 Å². The van der Waals surface area contributed by atoms with Gasteiger partial charge in [0.1, 0.15) is 0 Å². The number of benzene rings is 1. The third kappa shape index (κ3) is 3.28. The summed E-state index contributed by atoms with van der Waals surface area (Å²) < 4.78 is 0. The lowest BCUT2D eigenvalue weighted by Crippen LogP contribution is -2.05. The Hall–Kier alpha value is -1.31. The average Bonchev–Trinajstić information content (AvgIpc) is 2.04. The molecule has 1 aromatic carbocycles. The third-order valence-electron chi connectivity index (χ3n) is 1.79. The summed E-state index contributed by atoms with van der Waals surface area (Å²) in [7, 11) is 0. The number of hydrogen-bond acceptors (Lipinski definition) is 1. The first kappa shape index (κ1) is 9.78. The molecule has 1 aromatic rings. The van der Waals surface area contributed by atoms with Crippen molar-refractivity contribution in [2.45, 2.75) is 26.7 Å². The summed E-state index contributed by atoms with van der Waals surface area (Å²) >= 11 is 0. The first-order valence-corrected chi connectivity index (χ1v) is 4.59. The quantitative estimate of drug-likeness (QED) is 0.755. The molecule has 0 saturated carbocycles. The minimum atomic E-state index is -0.0198. The third-order valence-corrected chi connectivity index (χ3v) is 1.79. The molecule has 2 heteroatoms. The standard InChI is InChI=1S/C11H15NO/c1-3-5-10-6-4-7-11(8-10)12-9(2)13/h4,6-8H,3,5H2,1-2H3,(H,12,13). The van der Waals surface area contributed by atoms with E-state index in [2.05, 4.69) is 18.3 Å². The predicted octanol–water partition coefficient (Wildman–Crippen LogP) is 2.60. The molecule has 1 rings (SSSR count). The first-order valence-electron chi connectivity index (χ1n) is 4.59. The van der Waals surface area contributed by atoms with Gasteiger partial charge in [-0.2, -0.15) is 0 Å². The predicted molar refractivity (Wildman–Crippen MR) is 54.7 cm³/mol. The number of carbonyl (C=O) groups excluding carboxylic acids is 1. The van der Waals surface area contributed by atoms with Gasteiger partial charge in [-0.1, -0.05) is 25.5 Å². The number of hydrogen-bond donors (Lipinski definition) is 1. The Morgan fingerprint density at radius 2 is 2.23 bits per heavy atom. The van der Waals surface area contributed by atoms with Crippen LogP contribution in [0, 0.1) is 0 Å². The Kier molecular flexibility index (Phi) is 3.50. The smallest absolute Gasteiger partial charge is 0.221 e. The van der Waals surface area contributed by atoms with Gasteiger partial charge in [0.25, 0.3) is 0 Å². The molecule has 0 heterocycles. The summed E-state index contributed by atoms with van der Waals surface area (Å²) in [6, 6.07) is 7.97. The van der Waals surface area contributed by atoms with E-state index < -0.39 is 0 Å². The van der Waals surface area contributed by atoms with Crippen LogP contribution in [0.2, 0.25) is 0 Å². The van der Waals surface area contributed by atoms with Gasteiger partial charge in [-0.25, -0.2) is 0 Å². The van der Waals surface area contributed by atoms with Crippen LogP contribution < -0.4 is 5.32 Å². The lowest BCUT2D eigenvalue weighted by molar-refractivity contribution is -0.114. The summed E-state index contributed by atoms with van der Waals surface area (Å²) in [5, 5.41) is 2.76. The number of nitrogens with one attached hydrogen (secondary N) is 1. The van der Waals surface area contributed by atoms with E-state index in [0.717, 1.165) is 18.5 Å². The topological polar surface area (TPSA) is 29.1 Å². The van der Waals surface area contributed by atoms with Crippen molar-refractivity contribution in [2.24, 2.45) is 0 Å². The molecule has 0 atom stereocenters. The van der Waals surface area contributed by atoms with E-state index in [1.54, 1.807) is 0 Å². The highest BCUT2D eigenvalue weighted by Gasteiger charge is 1.96. The second-order valence-electron chi connectivity index (χ2n) is 3.13. The second-order valence-corrected chi connectivity index (χ2v) is 3.13. The van der Waals surface area contributed by atoms with Crippen molar-refractivity contribution in [3.63, 3.8) is 0 Å². The minimum absolute atomic E-state index is 0.0198. The molecule has 0 spiro atoms. The molecule has 0 unspecified atom stereocenters. The number of rotatable bonds is 3. The van der Waals surface area contributed by atoms with Crippen LogP contribution in [0.25, 0.3) is 0 Å². The number of aryl methyl sites for hydroxylation is 1. The summed E-state index contributed by atoms with van der Waals surface area (Å²) in [6.45, 7) is 3.66. The van der Waals surface area contributed by atoms with Gasteiger partial charge in [0.2, 0.25) is 5.91 Å². The summed E-state index contributed by atoms with van der Waals surface area (Å²) in [5.74, 6) is -0.0198. The van der Waals surface area contributed by atoms with Crippen LogP contribution in [-0.2, 0) is 11.2 Å². The lowest BCUT2D eigenvalue weighted by atomic mass is 10.1. The van der Waals surface area contributed by atoms with Crippen LogP contribution in [0.5, 0.6) is 0 Å². The fourth-order valence-electron chi connectivity index (χ4n) is 1.30. The zero-order valence-electron chi connectivity index (χ0n) is 8.13. The van der Waals surface area contributed by atoms with Crippen LogP contribution in [-0.4, -0.2) is 5.91 Å². The van der Waals surface area contributed by atoms with E-state index in [-0.39, 0.29) is 5.91 Å². The Labute approximate surface area is 79.0 Å². The van der Waals surface area contributed by atoms with Gasteiger partial charge in [0.05, 0.1) is 0 Å². The summed E-state index contributed by atoms with van der Waals surface area (Å²) in [6.07, 6.45) is 2.19. The van der Waals surface area contributed by atoms with E-state index in [1.165, 1.54) is 12.5 Å². The van der Waals surface area contributed by atoms with Gasteiger partial charge in [0, 0.05) is 12.6 Å². The monoisotopic (exact) mass is 177 g/mol. The molecule has 1 amide bonds. The van der Waals surface area contributed by atoms with Crippen LogP contribution in [0.3, 0.4) is 0 Å². The van der Waals surface area contributed by atoms with Gasteiger partial charge in [0.15, 0.2) is 0 Å². The van der Waals surface area contributed by atoms with Crippen molar-refractivity contribution < 1.29 is 4.79 Å². The highest BCUT2D eigenvalue weighted by atomic mass is 16.1. The van der Waals surface area contributed by atoms with Crippen LogP contribution >= 0.6 is 0 Å². The lowest BCUT2D eigenvalue weighted by Gasteiger charge is -2.04. The fraction of sp³-hybridized carbons (Fsp3) is 0.364. The van der Waals surface area contributed by atoms with Crippen molar-refractivity contribution in [1.82, 2.24) is 0 Å². The molecule has 1 N–H and O–H groups in total. The fourth-order valence-corrected chi connectivity index (χ4v) is 1.30. The van der Waals surface area contributed by atoms with Crippen LogP contribution in [0.4, 0.5) is 5.69 Å². The summed E-state index contributed by atoms with van der Waals surface area (Å²) in [4.78, 5) is 10.8. The van der Waals surface area contributed by atoms with Crippen LogP contribution in [0.15, 0.2) is 24.3 Å². The molecule has 0 aliphatic rings. The molecule has 70 valence electrons. The Morgan fingerprint density at radius 3 is 2.85 bits per heavy atom. The van der Waals surface area contributed by atoms with Gasteiger partial charge < -0.3 is 5.32 Å². The largest absolute Gasteiger partial charge is 0.326 e. The molecule has 13 heavy (non-hydrogen) atoms. The van der Waals surface area contributed by atoms with Crippen LogP contribution in [0.1, 0.15) is 25.8 Å². The molecule has 0 aliphatic carbocycles. The van der Waals surface area contributed by atoms with E-state index in [4.69, 9.17) is 0 Å². The van der Waals surface area contributed by atoms with E-state index in [9.17, 15) is 4.79 Å². The zero-order valence-corrected chi connectivity index (χ0v) is 8.13. The average molecular weight is 177 g/mol. The second kappa shape index (κ2) is 4.65. The van der Waals surface area contributed by atoms with E-state index >= 15 is 0 Å². The van der Waals surface area contributed by atoms with E-state index in [0.29, 0.717) is 0 Å². The van der Waals surface area contributed by atoms with Gasteiger partial charge in [-0.05, 0) is 24.1 Å². The van der Waals surface area contributed by atoms with Gasteiger partial charge in [-0.3, -0.25) is 4.79 Å². The number of anilines is 1. The van der Waals surface area contributed by atoms with Crippen molar-refractivity contribution >= 4 is 11.6 Å². The molecular formula is C11H15NO. The maximum atomic E-state index is 10.8. The molecule has 2 nitrogen and oxygen atoms in total. The number of carbonyl (C=O) groups is 1. The maximum Gasteiger partial charge on any atom is 0.221 e. The molecule has 0 fully saturated rings. The highest BCUT2D eigenvalue weighted by Crippen LogP contribution is 2.11. The summed E-state index contributed by atoms with van der Waals surface area (Å²) in [5.41, 5.74) is 2.16. The molecule has 0 saturated heterocycles. The zero-order chi connectivity index (χ0) is 9.68. The van der Waals surface area contributed by atoms with Crippen molar-refractivity contribution in [2.75, 3.05) is 5.32 Å². The minimum Gasteiger partial charge on any atom is -0.326 e. The van der Waals surface area contributed by atoms with Crippen molar-refractivity contribution in [1.29, 1.82) is 0 Å².